The van der Waals surface area contributed by atoms with E-state index in [2.05, 4.69) is 21.4 Å². The molecule has 160 valence electrons. The van der Waals surface area contributed by atoms with Crippen molar-refractivity contribution in [1.29, 1.82) is 0 Å². The van der Waals surface area contributed by atoms with Gasteiger partial charge in [0.2, 0.25) is 5.91 Å². The van der Waals surface area contributed by atoms with Crippen LogP contribution in [0.1, 0.15) is 29.5 Å². The highest BCUT2D eigenvalue weighted by molar-refractivity contribution is 5.79. The molecule has 0 radical (unpaired) electrons. The second kappa shape index (κ2) is 9.60. The molecule has 1 amide bonds. The Hall–Kier alpha value is -3.41. The molecule has 4 rings (SSSR count). The highest BCUT2D eigenvalue weighted by atomic mass is 16.2. The van der Waals surface area contributed by atoms with Gasteiger partial charge in [-0.15, -0.1) is 0 Å². The first kappa shape index (κ1) is 20.8. The van der Waals surface area contributed by atoms with Crippen molar-refractivity contribution < 1.29 is 4.79 Å². The molecule has 3 aromatic rings. The molecule has 6 heteroatoms. The molecule has 0 unspecified atom stereocenters. The van der Waals surface area contributed by atoms with Gasteiger partial charge in [-0.2, -0.15) is 5.10 Å². The maximum atomic E-state index is 12.7. The Kier molecular flexibility index (Phi) is 6.46. The number of nitrogens with one attached hydrogen (secondary N) is 1. The third-order valence-corrected chi connectivity index (χ3v) is 5.74. The van der Waals surface area contributed by atoms with Crippen molar-refractivity contribution in [3.63, 3.8) is 0 Å². The lowest BCUT2D eigenvalue weighted by Gasteiger charge is -2.33. The first-order valence-electron chi connectivity index (χ1n) is 10.8. The fourth-order valence-electron chi connectivity index (χ4n) is 4.05. The topological polar surface area (TPSA) is 67.2 Å². The zero-order valence-corrected chi connectivity index (χ0v) is 17.8. The summed E-state index contributed by atoms with van der Waals surface area (Å²) in [6.07, 6.45) is 3.50. The zero-order valence-electron chi connectivity index (χ0n) is 17.8. The van der Waals surface area contributed by atoms with E-state index in [4.69, 9.17) is 0 Å². The summed E-state index contributed by atoms with van der Waals surface area (Å²) in [5.74, 6) is -0.0260. The quantitative estimate of drug-likeness (QED) is 0.670. The van der Waals surface area contributed by atoms with Crippen LogP contribution in [0.3, 0.4) is 0 Å². The van der Waals surface area contributed by atoms with Gasteiger partial charge < -0.3 is 10.2 Å². The molecule has 6 nitrogen and oxygen atoms in total. The normalized spacial score (nSPS) is 16.2. The Morgan fingerprint density at radius 1 is 1.10 bits per heavy atom. The largest absolute Gasteiger partial charge is 0.369 e. The molecule has 1 N–H and O–H groups in total. The number of nitrogens with zero attached hydrogens (tertiary/aromatic N) is 3. The summed E-state index contributed by atoms with van der Waals surface area (Å²) < 4.78 is 1.47. The molecule has 0 bridgehead atoms. The number of hydrogen-bond acceptors (Lipinski definition) is 4. The summed E-state index contributed by atoms with van der Waals surface area (Å²) in [7, 11) is 0. The third kappa shape index (κ3) is 5.40. The van der Waals surface area contributed by atoms with Crippen molar-refractivity contribution in [1.82, 2.24) is 15.1 Å². The average Bonchev–Trinajstić information content (AvgIpc) is 2.80. The van der Waals surface area contributed by atoms with Crippen molar-refractivity contribution in [3.8, 4) is 0 Å². The monoisotopic (exact) mass is 416 g/mol. The van der Waals surface area contributed by atoms with Crippen molar-refractivity contribution >= 4 is 11.6 Å². The fraction of sp³-hybridized carbons (Fsp3) is 0.320. The van der Waals surface area contributed by atoms with Crippen LogP contribution < -0.4 is 15.8 Å². The first-order chi connectivity index (χ1) is 15.1. The predicted molar refractivity (Wildman–Crippen MR) is 122 cm³/mol. The zero-order chi connectivity index (χ0) is 21.6. The van der Waals surface area contributed by atoms with Crippen LogP contribution in [0.25, 0.3) is 0 Å². The average molecular weight is 417 g/mol. The van der Waals surface area contributed by atoms with Gasteiger partial charge in [0.25, 0.3) is 5.56 Å². The van der Waals surface area contributed by atoms with Gasteiger partial charge in [-0.3, -0.25) is 9.59 Å². The minimum Gasteiger partial charge on any atom is -0.369 e. The lowest BCUT2D eigenvalue weighted by atomic mass is 9.96. The van der Waals surface area contributed by atoms with Gasteiger partial charge >= 0.3 is 0 Å². The summed E-state index contributed by atoms with van der Waals surface area (Å²) in [5, 5.41) is 7.43. The number of benzene rings is 2. The van der Waals surface area contributed by atoms with Crippen molar-refractivity contribution in [3.05, 3.63) is 93.9 Å². The second-order valence-electron chi connectivity index (χ2n) is 8.19. The van der Waals surface area contributed by atoms with Crippen molar-refractivity contribution in [2.75, 3.05) is 18.0 Å². The van der Waals surface area contributed by atoms with E-state index in [0.29, 0.717) is 19.6 Å². The number of rotatable bonds is 6. The molecule has 1 aromatic heterocycles. The summed E-state index contributed by atoms with van der Waals surface area (Å²) in [5.41, 5.74) is 3.98. The number of piperidine rings is 1. The van der Waals surface area contributed by atoms with Crippen LogP contribution in [0.5, 0.6) is 0 Å². The van der Waals surface area contributed by atoms with Gasteiger partial charge in [0, 0.05) is 25.7 Å². The minimum absolute atomic E-state index is 0.0663. The number of aryl methyl sites for hydroxylation is 1. The molecule has 1 atom stereocenters. The maximum Gasteiger partial charge on any atom is 0.269 e. The Bertz CT molecular complexity index is 1090. The van der Waals surface area contributed by atoms with Crippen LogP contribution in [0.4, 0.5) is 5.69 Å². The lowest BCUT2D eigenvalue weighted by Crippen LogP contribution is -2.43. The minimum atomic E-state index is -0.132. The molecule has 1 fully saturated rings. The van der Waals surface area contributed by atoms with Gasteiger partial charge in [0.1, 0.15) is 0 Å². The van der Waals surface area contributed by atoms with Crippen LogP contribution in [0.15, 0.2) is 71.7 Å². The van der Waals surface area contributed by atoms with Crippen LogP contribution in [-0.2, 0) is 17.9 Å². The Labute approximate surface area is 182 Å². The molecule has 31 heavy (non-hydrogen) atoms. The Balaban J connectivity index is 1.38. The molecule has 1 saturated heterocycles. The number of aromatic nitrogens is 2. The maximum absolute atomic E-state index is 12.7. The SMILES string of the molecule is Cc1cccc(CNC(=O)[C@@H]2CCCN(c3cnn(Cc4ccccc4)c(=O)c3)C2)c1. The highest BCUT2D eigenvalue weighted by Crippen LogP contribution is 2.22. The summed E-state index contributed by atoms with van der Waals surface area (Å²) in [6.45, 7) is 4.46. The van der Waals surface area contributed by atoms with Crippen LogP contribution in [0, 0.1) is 12.8 Å². The molecule has 0 aliphatic carbocycles. The number of anilines is 1. The van der Waals surface area contributed by atoms with E-state index in [9.17, 15) is 9.59 Å². The Morgan fingerprint density at radius 2 is 1.90 bits per heavy atom. The van der Waals surface area contributed by atoms with Crippen LogP contribution in [-0.4, -0.2) is 28.8 Å². The molecule has 2 aromatic carbocycles. The predicted octanol–water partition coefficient (Wildman–Crippen LogP) is 3.13. The molecular weight excluding hydrogens is 388 g/mol. The van der Waals surface area contributed by atoms with E-state index in [1.807, 2.05) is 55.5 Å². The van der Waals surface area contributed by atoms with E-state index in [1.54, 1.807) is 12.3 Å². The third-order valence-electron chi connectivity index (χ3n) is 5.74. The highest BCUT2D eigenvalue weighted by Gasteiger charge is 2.26. The molecule has 2 heterocycles. The molecule has 1 aliphatic rings. The van der Waals surface area contributed by atoms with Gasteiger partial charge in [-0.25, -0.2) is 4.68 Å². The smallest absolute Gasteiger partial charge is 0.269 e. The first-order valence-corrected chi connectivity index (χ1v) is 10.8. The van der Waals surface area contributed by atoms with Gasteiger partial charge in [0.15, 0.2) is 0 Å². The van der Waals surface area contributed by atoms with Crippen molar-refractivity contribution in [2.45, 2.75) is 32.9 Å². The summed E-state index contributed by atoms with van der Waals surface area (Å²) in [4.78, 5) is 27.4. The van der Waals surface area contributed by atoms with Crippen molar-refractivity contribution in [2.24, 2.45) is 5.92 Å². The standard InChI is InChI=1S/C25H28N4O2/c1-19-7-5-10-21(13-19)15-26-25(31)22-11-6-12-28(18-22)23-14-24(30)29(27-16-23)17-20-8-3-2-4-9-20/h2-5,7-10,13-14,16,22H,6,11-12,15,17-18H2,1H3,(H,26,31)/t22-/m1/s1. The molecule has 1 aliphatic heterocycles. The number of carbonyl (C=O) groups is 1. The van der Waals surface area contributed by atoms with E-state index < -0.39 is 0 Å². The second-order valence-corrected chi connectivity index (χ2v) is 8.19. The fourth-order valence-corrected chi connectivity index (χ4v) is 4.05. The number of amides is 1. The van der Waals surface area contributed by atoms with Crippen LogP contribution in [0.2, 0.25) is 0 Å². The number of carbonyl (C=O) groups excluding carboxylic acids is 1. The van der Waals surface area contributed by atoms with E-state index in [-0.39, 0.29) is 17.4 Å². The van der Waals surface area contributed by atoms with Crippen LogP contribution >= 0.6 is 0 Å². The number of hydrogen-bond donors (Lipinski definition) is 1. The van der Waals surface area contributed by atoms with Gasteiger partial charge in [-0.05, 0) is 30.9 Å². The Morgan fingerprint density at radius 3 is 2.68 bits per heavy atom. The van der Waals surface area contributed by atoms with E-state index >= 15 is 0 Å². The van der Waals surface area contributed by atoms with E-state index in [0.717, 1.165) is 36.2 Å². The molecule has 0 saturated carbocycles. The lowest BCUT2D eigenvalue weighted by molar-refractivity contribution is -0.125. The van der Waals surface area contributed by atoms with Gasteiger partial charge in [0.05, 0.1) is 24.3 Å². The van der Waals surface area contributed by atoms with E-state index in [1.165, 1.54) is 10.2 Å². The van der Waals surface area contributed by atoms with Gasteiger partial charge in [-0.1, -0.05) is 60.2 Å². The summed E-state index contributed by atoms with van der Waals surface area (Å²) >= 11 is 0. The summed E-state index contributed by atoms with van der Waals surface area (Å²) in [6, 6.07) is 19.6. The molecule has 0 spiro atoms. The molecular formula is C25H28N4O2.